The molecule has 0 aliphatic heterocycles. The maximum Gasteiger partial charge on any atom is 0.256 e. The second kappa shape index (κ2) is 6.01. The summed E-state index contributed by atoms with van der Waals surface area (Å²) in [4.78, 5) is 14.4. The van der Waals surface area contributed by atoms with Crippen LogP contribution in [0, 0.1) is 0 Å². The number of hydrogen-bond donors (Lipinski definition) is 0. The van der Waals surface area contributed by atoms with Gasteiger partial charge in [0.05, 0.1) is 0 Å². The van der Waals surface area contributed by atoms with Crippen molar-refractivity contribution >= 4 is 29.3 Å². The van der Waals surface area contributed by atoms with Crippen molar-refractivity contribution in [2.24, 2.45) is 0 Å². The van der Waals surface area contributed by atoms with Gasteiger partial charge in [0.25, 0.3) is 5.95 Å². The Labute approximate surface area is 114 Å². The molecule has 0 aliphatic rings. The minimum atomic E-state index is 0.168. The van der Waals surface area contributed by atoms with Crippen LogP contribution >= 0.6 is 23.4 Å². The molecule has 0 N–H and O–H groups in total. The monoisotopic (exact) mass is 284 g/mol. The van der Waals surface area contributed by atoms with Crippen molar-refractivity contribution in [3.05, 3.63) is 23.7 Å². The molecule has 0 unspecified atom stereocenters. The smallest absolute Gasteiger partial charge is 0.256 e. The summed E-state index contributed by atoms with van der Waals surface area (Å²) in [5, 5.41) is 4.24. The molecule has 6 nitrogen and oxygen atoms in total. The van der Waals surface area contributed by atoms with E-state index in [4.69, 9.17) is 11.6 Å². The molecular weight excluding hydrogens is 272 g/mol. The van der Waals surface area contributed by atoms with Gasteiger partial charge in [0.15, 0.2) is 0 Å². The van der Waals surface area contributed by atoms with Crippen molar-refractivity contribution in [3.63, 3.8) is 0 Å². The summed E-state index contributed by atoms with van der Waals surface area (Å²) in [6, 6.07) is 1.80. The first-order valence-corrected chi connectivity index (χ1v) is 7.09. The van der Waals surface area contributed by atoms with Crippen molar-refractivity contribution in [1.29, 1.82) is 0 Å². The Balaban J connectivity index is 2.26. The number of nitrogens with zero attached hydrogens (tertiary/aromatic N) is 6. The van der Waals surface area contributed by atoms with Crippen LogP contribution in [0.4, 0.5) is 5.95 Å². The molecule has 2 aromatic rings. The van der Waals surface area contributed by atoms with E-state index in [1.54, 1.807) is 34.9 Å². The van der Waals surface area contributed by atoms with Gasteiger partial charge in [0, 0.05) is 31.7 Å². The zero-order valence-electron chi connectivity index (χ0n) is 10.1. The molecule has 2 aromatic heterocycles. The molecule has 2 rings (SSSR count). The molecule has 0 fully saturated rings. The minimum Gasteiger partial charge on any atom is -0.343 e. The molecule has 96 valence electrons. The number of anilines is 1. The van der Waals surface area contributed by atoms with Gasteiger partial charge in [0.1, 0.15) is 0 Å². The van der Waals surface area contributed by atoms with Gasteiger partial charge >= 0.3 is 0 Å². The fourth-order valence-electron chi connectivity index (χ4n) is 1.32. The third-order valence-electron chi connectivity index (χ3n) is 2.27. The highest BCUT2D eigenvalue weighted by atomic mass is 35.5. The molecule has 0 saturated carbocycles. The maximum atomic E-state index is 5.91. The zero-order chi connectivity index (χ0) is 13.0. The number of aromatic nitrogens is 5. The molecule has 0 spiro atoms. The highest BCUT2D eigenvalue weighted by Gasteiger charge is 2.10. The number of halogens is 1. The van der Waals surface area contributed by atoms with E-state index in [1.165, 1.54) is 0 Å². The standard InChI is InChI=1S/C10H13ClN6S/c1-16(6-7-18-2)9-13-8(11)14-10(15-9)17-5-3-4-12-17/h3-5H,6-7H2,1-2H3. The van der Waals surface area contributed by atoms with Gasteiger partial charge in [-0.3, -0.25) is 0 Å². The van der Waals surface area contributed by atoms with E-state index in [0.717, 1.165) is 12.3 Å². The first-order chi connectivity index (χ1) is 8.70. The fourth-order valence-corrected chi connectivity index (χ4v) is 1.93. The first kappa shape index (κ1) is 13.1. The highest BCUT2D eigenvalue weighted by molar-refractivity contribution is 7.98. The maximum absolute atomic E-state index is 5.91. The predicted molar refractivity (Wildman–Crippen MR) is 73.6 cm³/mol. The van der Waals surface area contributed by atoms with Crippen LogP contribution in [0.15, 0.2) is 18.5 Å². The molecule has 18 heavy (non-hydrogen) atoms. The molecule has 2 heterocycles. The van der Waals surface area contributed by atoms with E-state index in [2.05, 4.69) is 26.3 Å². The van der Waals surface area contributed by atoms with E-state index in [0.29, 0.717) is 11.9 Å². The molecule has 0 saturated heterocycles. The van der Waals surface area contributed by atoms with Crippen molar-refractivity contribution in [1.82, 2.24) is 24.7 Å². The lowest BCUT2D eigenvalue weighted by atomic mass is 10.6. The Morgan fingerprint density at radius 1 is 1.39 bits per heavy atom. The molecule has 8 heteroatoms. The molecule has 0 aliphatic carbocycles. The quantitative estimate of drug-likeness (QED) is 0.829. The predicted octanol–water partition coefficient (Wildman–Crippen LogP) is 1.51. The Bertz CT molecular complexity index is 503. The summed E-state index contributed by atoms with van der Waals surface area (Å²) in [5.74, 6) is 1.97. The normalized spacial score (nSPS) is 10.6. The highest BCUT2D eigenvalue weighted by Crippen LogP contribution is 2.12. The van der Waals surface area contributed by atoms with Gasteiger partial charge in [-0.1, -0.05) is 0 Å². The fraction of sp³-hybridized carbons (Fsp3) is 0.400. The second-order valence-corrected chi connectivity index (χ2v) is 4.89. The third-order valence-corrected chi connectivity index (χ3v) is 3.03. The number of thioether (sulfide) groups is 1. The van der Waals surface area contributed by atoms with E-state index >= 15 is 0 Å². The van der Waals surface area contributed by atoms with Crippen LogP contribution in [0.5, 0.6) is 0 Å². The average Bonchev–Trinajstić information content (AvgIpc) is 2.89. The van der Waals surface area contributed by atoms with Gasteiger partial charge in [-0.15, -0.1) is 0 Å². The molecule has 0 atom stereocenters. The Morgan fingerprint density at radius 2 is 2.22 bits per heavy atom. The SMILES string of the molecule is CSCCN(C)c1nc(Cl)nc(-n2cccn2)n1. The van der Waals surface area contributed by atoms with Crippen LogP contribution in [-0.4, -0.2) is 50.3 Å². The lowest BCUT2D eigenvalue weighted by Gasteiger charge is -2.16. The van der Waals surface area contributed by atoms with Gasteiger partial charge in [-0.25, -0.2) is 4.68 Å². The van der Waals surface area contributed by atoms with Crippen LogP contribution in [0.3, 0.4) is 0 Å². The summed E-state index contributed by atoms with van der Waals surface area (Å²) >= 11 is 7.68. The summed E-state index contributed by atoms with van der Waals surface area (Å²) in [6.45, 7) is 0.847. The van der Waals surface area contributed by atoms with E-state index in [-0.39, 0.29) is 5.28 Å². The minimum absolute atomic E-state index is 0.168. The Morgan fingerprint density at radius 3 is 2.89 bits per heavy atom. The largest absolute Gasteiger partial charge is 0.343 e. The van der Waals surface area contributed by atoms with Gasteiger partial charge in [0.2, 0.25) is 11.2 Å². The second-order valence-electron chi connectivity index (χ2n) is 3.57. The Kier molecular flexibility index (Phi) is 4.38. The Hall–Kier alpha value is -1.34. The van der Waals surface area contributed by atoms with Crippen LogP contribution < -0.4 is 4.90 Å². The van der Waals surface area contributed by atoms with Crippen molar-refractivity contribution in [3.8, 4) is 5.95 Å². The summed E-state index contributed by atoms with van der Waals surface area (Å²) in [6.07, 6.45) is 5.48. The van der Waals surface area contributed by atoms with E-state index in [9.17, 15) is 0 Å². The molecule has 0 bridgehead atoms. The van der Waals surface area contributed by atoms with Crippen molar-refractivity contribution < 1.29 is 0 Å². The zero-order valence-corrected chi connectivity index (χ0v) is 11.7. The number of rotatable bonds is 5. The summed E-state index contributed by atoms with van der Waals surface area (Å²) in [7, 11) is 1.93. The number of hydrogen-bond acceptors (Lipinski definition) is 6. The van der Waals surface area contributed by atoms with Crippen molar-refractivity contribution in [2.45, 2.75) is 0 Å². The van der Waals surface area contributed by atoms with Gasteiger partial charge < -0.3 is 4.90 Å². The molecule has 0 radical (unpaired) electrons. The van der Waals surface area contributed by atoms with Crippen molar-refractivity contribution in [2.75, 3.05) is 30.5 Å². The van der Waals surface area contributed by atoms with Crippen LogP contribution in [0.25, 0.3) is 5.95 Å². The van der Waals surface area contributed by atoms with E-state index < -0.39 is 0 Å². The van der Waals surface area contributed by atoms with Gasteiger partial charge in [-0.05, 0) is 23.9 Å². The summed E-state index contributed by atoms with van der Waals surface area (Å²) in [5.41, 5.74) is 0. The summed E-state index contributed by atoms with van der Waals surface area (Å²) < 4.78 is 1.56. The van der Waals surface area contributed by atoms with Crippen LogP contribution in [0.1, 0.15) is 0 Å². The van der Waals surface area contributed by atoms with E-state index in [1.807, 2.05) is 11.9 Å². The van der Waals surface area contributed by atoms with Gasteiger partial charge in [-0.2, -0.15) is 31.8 Å². The van der Waals surface area contributed by atoms with Crippen LogP contribution in [0.2, 0.25) is 5.28 Å². The molecule has 0 aromatic carbocycles. The lowest BCUT2D eigenvalue weighted by Crippen LogP contribution is -2.23. The third kappa shape index (κ3) is 3.11. The average molecular weight is 285 g/mol. The molecule has 0 amide bonds. The van der Waals surface area contributed by atoms with Crippen LogP contribution in [-0.2, 0) is 0 Å². The lowest BCUT2D eigenvalue weighted by molar-refractivity contribution is 0.780. The first-order valence-electron chi connectivity index (χ1n) is 5.32. The molecular formula is C10H13ClN6S. The topological polar surface area (TPSA) is 59.7 Å².